The Bertz CT molecular complexity index is 721. The van der Waals surface area contributed by atoms with Crippen molar-refractivity contribution in [2.75, 3.05) is 37.5 Å². The van der Waals surface area contributed by atoms with E-state index in [-0.39, 0.29) is 6.04 Å². The average Bonchev–Trinajstić information content (AvgIpc) is 2.53. The van der Waals surface area contributed by atoms with Crippen LogP contribution in [-0.4, -0.2) is 59.6 Å². The number of carbonyl (C=O) groups excluding carboxylic acids is 1. The van der Waals surface area contributed by atoms with Crippen molar-refractivity contribution in [1.29, 1.82) is 0 Å². The minimum absolute atomic E-state index is 0.235. The summed E-state index contributed by atoms with van der Waals surface area (Å²) in [7, 11) is -2.16. The van der Waals surface area contributed by atoms with Crippen LogP contribution in [0.3, 0.4) is 0 Å². The second-order valence-electron chi connectivity index (χ2n) is 5.93. The van der Waals surface area contributed by atoms with Gasteiger partial charge < -0.3 is 19.5 Å². The zero-order valence-electron chi connectivity index (χ0n) is 14.8. The lowest BCUT2D eigenvalue weighted by Crippen LogP contribution is -2.50. The Morgan fingerprint density at radius 2 is 1.92 bits per heavy atom. The lowest BCUT2D eigenvalue weighted by atomic mass is 10.2. The zero-order valence-corrected chi connectivity index (χ0v) is 15.6. The van der Waals surface area contributed by atoms with Gasteiger partial charge in [-0.2, -0.15) is 0 Å². The van der Waals surface area contributed by atoms with Crippen LogP contribution in [0.2, 0.25) is 0 Å². The summed E-state index contributed by atoms with van der Waals surface area (Å²) in [5.41, 5.74) is 0.341. The second kappa shape index (κ2) is 7.92. The number of carbonyl (C=O) groups is 1. The molecule has 1 aliphatic rings. The van der Waals surface area contributed by atoms with Crippen LogP contribution in [0.15, 0.2) is 18.2 Å². The normalized spacial score (nSPS) is 16.0. The molecule has 1 N–H and O–H groups in total. The Morgan fingerprint density at radius 1 is 1.28 bits per heavy atom. The second-order valence-corrected chi connectivity index (χ2v) is 7.79. The molecule has 0 aliphatic carbocycles. The fourth-order valence-electron chi connectivity index (χ4n) is 2.63. The standard InChI is InChI=1S/C16H24N2O6S/c1-11(10-22-3)17-16(19)12(2)18(25(4,20)21)13-5-6-14-15(9-13)24-8-7-23-14/h5-6,9,11-12H,7-8,10H2,1-4H3,(H,17,19)/t11-,12+/m1/s1. The molecule has 1 amide bonds. The van der Waals surface area contributed by atoms with Crippen molar-refractivity contribution in [2.24, 2.45) is 0 Å². The molecule has 0 unspecified atom stereocenters. The Kier molecular flexibility index (Phi) is 6.12. The van der Waals surface area contributed by atoms with Gasteiger partial charge in [0.05, 0.1) is 18.6 Å². The van der Waals surface area contributed by atoms with Crippen molar-refractivity contribution >= 4 is 21.6 Å². The van der Waals surface area contributed by atoms with Gasteiger partial charge in [0.15, 0.2) is 11.5 Å². The first kappa shape index (κ1) is 19.3. The number of sulfonamides is 1. The molecule has 1 heterocycles. The van der Waals surface area contributed by atoms with Gasteiger partial charge in [-0.25, -0.2) is 8.42 Å². The number of amides is 1. The minimum atomic E-state index is -3.69. The third kappa shape index (κ3) is 4.76. The van der Waals surface area contributed by atoms with Crippen LogP contribution in [0.25, 0.3) is 0 Å². The van der Waals surface area contributed by atoms with E-state index in [2.05, 4.69) is 5.32 Å². The molecule has 0 bridgehead atoms. The van der Waals surface area contributed by atoms with Crippen LogP contribution in [-0.2, 0) is 19.6 Å². The summed E-state index contributed by atoms with van der Waals surface area (Å²) in [6.45, 7) is 4.48. The molecule has 0 saturated carbocycles. The molecule has 0 fully saturated rings. The highest BCUT2D eigenvalue weighted by atomic mass is 32.2. The molecular formula is C16H24N2O6S. The molecule has 0 spiro atoms. The van der Waals surface area contributed by atoms with Crippen LogP contribution in [0.5, 0.6) is 11.5 Å². The summed E-state index contributed by atoms with van der Waals surface area (Å²) in [4.78, 5) is 12.4. The van der Waals surface area contributed by atoms with Crippen LogP contribution in [0, 0.1) is 0 Å². The summed E-state index contributed by atoms with van der Waals surface area (Å²) in [5, 5.41) is 2.74. The molecule has 0 radical (unpaired) electrons. The molecule has 0 saturated heterocycles. The maximum Gasteiger partial charge on any atom is 0.243 e. The number of ether oxygens (including phenoxy) is 3. The third-order valence-electron chi connectivity index (χ3n) is 3.67. The van der Waals surface area contributed by atoms with Crippen molar-refractivity contribution in [2.45, 2.75) is 25.9 Å². The van der Waals surface area contributed by atoms with E-state index in [9.17, 15) is 13.2 Å². The Hall–Kier alpha value is -2.00. The third-order valence-corrected chi connectivity index (χ3v) is 4.92. The van der Waals surface area contributed by atoms with Gasteiger partial charge in [-0.05, 0) is 26.0 Å². The summed E-state index contributed by atoms with van der Waals surface area (Å²) >= 11 is 0. The van der Waals surface area contributed by atoms with Gasteiger partial charge in [-0.15, -0.1) is 0 Å². The number of nitrogens with zero attached hydrogens (tertiary/aromatic N) is 1. The highest BCUT2D eigenvalue weighted by molar-refractivity contribution is 7.92. The van der Waals surface area contributed by atoms with E-state index >= 15 is 0 Å². The molecule has 1 aromatic rings. The number of rotatable bonds is 7. The first-order valence-corrected chi connectivity index (χ1v) is 9.77. The van der Waals surface area contributed by atoms with Gasteiger partial charge in [0.1, 0.15) is 19.3 Å². The monoisotopic (exact) mass is 372 g/mol. The number of benzene rings is 1. The van der Waals surface area contributed by atoms with Gasteiger partial charge >= 0.3 is 0 Å². The Morgan fingerprint density at radius 3 is 2.52 bits per heavy atom. The summed E-state index contributed by atoms with van der Waals surface area (Å²) in [6, 6.07) is 3.63. The van der Waals surface area contributed by atoms with Crippen LogP contribution < -0.4 is 19.1 Å². The lowest BCUT2D eigenvalue weighted by molar-refractivity contribution is -0.122. The zero-order chi connectivity index (χ0) is 18.6. The first-order chi connectivity index (χ1) is 11.7. The number of hydrogen-bond donors (Lipinski definition) is 1. The fraction of sp³-hybridized carbons (Fsp3) is 0.562. The first-order valence-electron chi connectivity index (χ1n) is 7.92. The maximum atomic E-state index is 12.4. The SMILES string of the molecule is COC[C@@H](C)NC(=O)[C@H](C)N(c1ccc2c(c1)OCCO2)S(C)(=O)=O. The summed E-state index contributed by atoms with van der Waals surface area (Å²) in [6.07, 6.45) is 1.06. The van der Waals surface area contributed by atoms with E-state index in [1.165, 1.54) is 14.0 Å². The number of methoxy groups -OCH3 is 1. The van der Waals surface area contributed by atoms with E-state index in [4.69, 9.17) is 14.2 Å². The number of anilines is 1. The molecule has 1 aliphatic heterocycles. The van der Waals surface area contributed by atoms with Crippen molar-refractivity contribution in [1.82, 2.24) is 5.32 Å². The predicted molar refractivity (Wildman–Crippen MR) is 93.7 cm³/mol. The van der Waals surface area contributed by atoms with E-state index in [1.807, 2.05) is 0 Å². The van der Waals surface area contributed by atoms with Crippen LogP contribution in [0.4, 0.5) is 5.69 Å². The molecule has 140 valence electrons. The maximum absolute atomic E-state index is 12.4. The van der Waals surface area contributed by atoms with E-state index in [1.54, 1.807) is 25.1 Å². The molecule has 0 aromatic heterocycles. The molecular weight excluding hydrogens is 348 g/mol. The molecule has 25 heavy (non-hydrogen) atoms. The number of fused-ring (bicyclic) bond motifs is 1. The quantitative estimate of drug-likeness (QED) is 0.760. The van der Waals surface area contributed by atoms with Gasteiger partial charge in [-0.1, -0.05) is 0 Å². The fourth-order valence-corrected chi connectivity index (χ4v) is 3.80. The lowest BCUT2D eigenvalue weighted by Gasteiger charge is -2.30. The Labute approximate surface area is 148 Å². The van der Waals surface area contributed by atoms with Crippen molar-refractivity contribution < 1.29 is 27.4 Å². The molecule has 1 aromatic carbocycles. The largest absolute Gasteiger partial charge is 0.486 e. The van der Waals surface area contributed by atoms with Gasteiger partial charge in [-0.3, -0.25) is 9.10 Å². The van der Waals surface area contributed by atoms with E-state index in [0.29, 0.717) is 37.0 Å². The smallest absolute Gasteiger partial charge is 0.243 e. The molecule has 2 atom stereocenters. The van der Waals surface area contributed by atoms with E-state index < -0.39 is 22.0 Å². The summed E-state index contributed by atoms with van der Waals surface area (Å²) < 4.78 is 41.6. The van der Waals surface area contributed by atoms with Crippen molar-refractivity contribution in [3.63, 3.8) is 0 Å². The molecule has 2 rings (SSSR count). The van der Waals surface area contributed by atoms with Crippen LogP contribution >= 0.6 is 0 Å². The highest BCUT2D eigenvalue weighted by Crippen LogP contribution is 2.35. The molecule has 9 heteroatoms. The average molecular weight is 372 g/mol. The number of hydrogen-bond acceptors (Lipinski definition) is 6. The van der Waals surface area contributed by atoms with E-state index in [0.717, 1.165) is 10.6 Å². The van der Waals surface area contributed by atoms with Gasteiger partial charge in [0.25, 0.3) is 0 Å². The Balaban J connectivity index is 2.29. The van der Waals surface area contributed by atoms with Crippen molar-refractivity contribution in [3.8, 4) is 11.5 Å². The number of nitrogens with one attached hydrogen (secondary N) is 1. The van der Waals surface area contributed by atoms with Gasteiger partial charge in [0.2, 0.25) is 15.9 Å². The summed E-state index contributed by atoms with van der Waals surface area (Å²) in [5.74, 6) is 0.594. The highest BCUT2D eigenvalue weighted by Gasteiger charge is 2.30. The van der Waals surface area contributed by atoms with Gasteiger partial charge in [0, 0.05) is 19.2 Å². The minimum Gasteiger partial charge on any atom is -0.486 e. The topological polar surface area (TPSA) is 94.2 Å². The van der Waals surface area contributed by atoms with Crippen LogP contribution in [0.1, 0.15) is 13.8 Å². The van der Waals surface area contributed by atoms with Crippen molar-refractivity contribution in [3.05, 3.63) is 18.2 Å². The molecule has 8 nitrogen and oxygen atoms in total. The predicted octanol–water partition coefficient (Wildman–Crippen LogP) is 0.763.